The number of carbonyl (C=O) groups is 2. The van der Waals surface area contributed by atoms with Crippen molar-refractivity contribution in [1.82, 2.24) is 25.1 Å². The number of hydrogen-bond acceptors (Lipinski definition) is 10. The third kappa shape index (κ3) is 6.80. The van der Waals surface area contributed by atoms with Crippen molar-refractivity contribution in [3.63, 3.8) is 0 Å². The van der Waals surface area contributed by atoms with Gasteiger partial charge in [-0.1, -0.05) is 11.3 Å². The van der Waals surface area contributed by atoms with Gasteiger partial charge in [-0.05, 0) is 25.1 Å². The number of anilines is 1. The van der Waals surface area contributed by atoms with Gasteiger partial charge in [0.05, 0.1) is 37.6 Å². The molecule has 1 aromatic carbocycles. The summed E-state index contributed by atoms with van der Waals surface area (Å²) in [5, 5.41) is 11.4. The van der Waals surface area contributed by atoms with E-state index in [0.29, 0.717) is 47.7 Å². The second kappa shape index (κ2) is 11.1. The number of carbonyl (C=O) groups excluding carboxylic acids is 2. The fraction of sp³-hybridized carbons (Fsp3) is 0.364. The number of aryl methyl sites for hydroxylation is 1. The van der Waals surface area contributed by atoms with Gasteiger partial charge in [0, 0.05) is 31.0 Å². The molecule has 3 aromatic rings. The third-order valence-corrected chi connectivity index (χ3v) is 6.06. The number of benzene rings is 1. The van der Waals surface area contributed by atoms with E-state index < -0.39 is 23.8 Å². The number of nitrogens with zero attached hydrogens (tertiary/aromatic N) is 5. The van der Waals surface area contributed by atoms with E-state index in [9.17, 15) is 22.8 Å². The summed E-state index contributed by atoms with van der Waals surface area (Å²) in [7, 11) is 0. The Morgan fingerprint density at radius 2 is 1.92 bits per heavy atom. The molecule has 190 valence electrons. The van der Waals surface area contributed by atoms with Crippen LogP contribution in [0.25, 0.3) is 10.7 Å². The highest BCUT2D eigenvalue weighted by molar-refractivity contribution is 7.14. The molecule has 14 heteroatoms. The molecule has 0 radical (unpaired) electrons. The van der Waals surface area contributed by atoms with E-state index in [2.05, 4.69) is 30.2 Å². The molecule has 0 atom stereocenters. The Morgan fingerprint density at radius 1 is 1.17 bits per heavy atom. The molecule has 0 saturated carbocycles. The Kier molecular flexibility index (Phi) is 7.86. The zero-order valence-electron chi connectivity index (χ0n) is 19.0. The van der Waals surface area contributed by atoms with E-state index >= 15 is 0 Å². The molecule has 1 saturated heterocycles. The van der Waals surface area contributed by atoms with Gasteiger partial charge in [-0.2, -0.15) is 0 Å². The molecule has 1 aliphatic rings. The predicted octanol–water partition coefficient (Wildman–Crippen LogP) is 2.90. The Hall–Kier alpha value is -3.49. The van der Waals surface area contributed by atoms with Crippen LogP contribution in [0.2, 0.25) is 0 Å². The Labute approximate surface area is 207 Å². The van der Waals surface area contributed by atoms with Gasteiger partial charge < -0.3 is 14.8 Å². The molecule has 2 aromatic heterocycles. The molecule has 4 rings (SSSR count). The summed E-state index contributed by atoms with van der Waals surface area (Å²) in [5.74, 6) is -1.58. The summed E-state index contributed by atoms with van der Waals surface area (Å²) in [6.07, 6.45) is -2.05. The van der Waals surface area contributed by atoms with Crippen LogP contribution in [0.5, 0.6) is 5.75 Å². The number of amides is 1. The smallest absolute Gasteiger partial charge is 0.404 e. The van der Waals surface area contributed by atoms with Gasteiger partial charge in [0.2, 0.25) is 5.91 Å². The average Bonchev–Trinajstić information content (AvgIpc) is 3.28. The summed E-state index contributed by atoms with van der Waals surface area (Å²) in [6, 6.07) is 3.37. The van der Waals surface area contributed by atoms with Crippen LogP contribution in [-0.2, 0) is 16.0 Å². The van der Waals surface area contributed by atoms with E-state index in [-0.39, 0.29) is 24.2 Å². The highest BCUT2D eigenvalue weighted by Gasteiger charge is 2.32. The summed E-state index contributed by atoms with van der Waals surface area (Å²) in [6.45, 7) is 3.70. The Bertz CT molecular complexity index is 1250. The van der Waals surface area contributed by atoms with Crippen LogP contribution in [0.3, 0.4) is 0 Å². The van der Waals surface area contributed by atoms with E-state index in [1.807, 2.05) is 4.90 Å². The first-order valence-electron chi connectivity index (χ1n) is 10.8. The summed E-state index contributed by atoms with van der Waals surface area (Å²) < 4.78 is 48.0. The van der Waals surface area contributed by atoms with E-state index in [1.54, 1.807) is 13.1 Å². The zero-order valence-corrected chi connectivity index (χ0v) is 19.9. The number of rotatable bonds is 8. The van der Waals surface area contributed by atoms with Crippen molar-refractivity contribution < 1.29 is 32.2 Å². The molecule has 1 N–H and O–H groups in total. The SMILES string of the molecule is Cc1nccnc1-c1nnc(CC(=O)c2ccc(OC(F)(F)F)c(NC(=O)CN3CCOCC3)c2)s1. The van der Waals surface area contributed by atoms with Crippen LogP contribution < -0.4 is 10.1 Å². The summed E-state index contributed by atoms with van der Waals surface area (Å²) >= 11 is 1.16. The fourth-order valence-electron chi connectivity index (χ4n) is 3.44. The van der Waals surface area contributed by atoms with Gasteiger partial charge >= 0.3 is 6.36 Å². The van der Waals surface area contributed by atoms with Crippen molar-refractivity contribution in [2.45, 2.75) is 19.7 Å². The predicted molar refractivity (Wildman–Crippen MR) is 123 cm³/mol. The molecule has 36 heavy (non-hydrogen) atoms. The number of halogens is 3. The molecule has 10 nitrogen and oxygen atoms in total. The number of nitrogens with one attached hydrogen (secondary N) is 1. The van der Waals surface area contributed by atoms with Crippen molar-refractivity contribution in [1.29, 1.82) is 0 Å². The van der Waals surface area contributed by atoms with Crippen molar-refractivity contribution in [2.24, 2.45) is 0 Å². The highest BCUT2D eigenvalue weighted by atomic mass is 32.1. The largest absolute Gasteiger partial charge is 0.573 e. The molecular formula is C22H21F3N6O4S. The van der Waals surface area contributed by atoms with E-state index in [1.165, 1.54) is 12.3 Å². The molecular weight excluding hydrogens is 501 g/mol. The minimum Gasteiger partial charge on any atom is -0.404 e. The first-order chi connectivity index (χ1) is 17.2. The summed E-state index contributed by atoms with van der Waals surface area (Å²) in [5.41, 5.74) is 1.03. The van der Waals surface area contributed by atoms with Crippen LogP contribution in [-0.4, -0.2) is 76.0 Å². The van der Waals surface area contributed by atoms with Crippen molar-refractivity contribution in [3.8, 4) is 16.5 Å². The fourth-order valence-corrected chi connectivity index (χ4v) is 4.33. The van der Waals surface area contributed by atoms with Gasteiger partial charge in [-0.15, -0.1) is 23.4 Å². The van der Waals surface area contributed by atoms with Crippen LogP contribution in [0.4, 0.5) is 18.9 Å². The van der Waals surface area contributed by atoms with Crippen molar-refractivity contribution in [3.05, 3.63) is 46.9 Å². The molecule has 0 spiro atoms. The van der Waals surface area contributed by atoms with Crippen LogP contribution in [0.15, 0.2) is 30.6 Å². The number of ether oxygens (including phenoxy) is 2. The van der Waals surface area contributed by atoms with E-state index in [4.69, 9.17) is 4.74 Å². The van der Waals surface area contributed by atoms with Gasteiger partial charge in [0.25, 0.3) is 0 Å². The normalized spacial score (nSPS) is 14.4. The highest BCUT2D eigenvalue weighted by Crippen LogP contribution is 2.32. The Morgan fingerprint density at radius 3 is 2.64 bits per heavy atom. The minimum absolute atomic E-state index is 0.0393. The number of ketones is 1. The maximum Gasteiger partial charge on any atom is 0.573 e. The second-order valence-corrected chi connectivity index (χ2v) is 8.85. The molecule has 0 unspecified atom stereocenters. The number of hydrogen-bond donors (Lipinski definition) is 1. The molecule has 0 bridgehead atoms. The molecule has 1 aliphatic heterocycles. The Balaban J connectivity index is 1.50. The molecule has 1 amide bonds. The van der Waals surface area contributed by atoms with Gasteiger partial charge in [0.15, 0.2) is 16.5 Å². The van der Waals surface area contributed by atoms with Gasteiger partial charge in [-0.25, -0.2) is 0 Å². The number of alkyl halides is 3. The van der Waals surface area contributed by atoms with Crippen LogP contribution in [0, 0.1) is 6.92 Å². The lowest BCUT2D eigenvalue weighted by molar-refractivity contribution is -0.274. The topological polar surface area (TPSA) is 119 Å². The van der Waals surface area contributed by atoms with Crippen molar-refractivity contribution in [2.75, 3.05) is 38.2 Å². The lowest BCUT2D eigenvalue weighted by Gasteiger charge is -2.26. The first kappa shape index (κ1) is 25.6. The standard InChI is InChI=1S/C22H21F3N6O4S/c1-13-20(27-5-4-26-13)21-30-29-19(36-21)11-16(32)14-2-3-17(35-22(23,24)25)15(10-14)28-18(33)12-31-6-8-34-9-7-31/h2-5,10H,6-9,11-12H2,1H3,(H,28,33). The number of morpholine rings is 1. The zero-order chi connectivity index (χ0) is 25.7. The molecule has 3 heterocycles. The maximum absolute atomic E-state index is 12.9. The second-order valence-electron chi connectivity index (χ2n) is 7.79. The number of aromatic nitrogens is 4. The summed E-state index contributed by atoms with van der Waals surface area (Å²) in [4.78, 5) is 35.6. The van der Waals surface area contributed by atoms with Gasteiger partial charge in [0.1, 0.15) is 10.7 Å². The lowest BCUT2D eigenvalue weighted by atomic mass is 10.1. The van der Waals surface area contributed by atoms with Crippen LogP contribution in [0.1, 0.15) is 21.1 Å². The lowest BCUT2D eigenvalue weighted by Crippen LogP contribution is -2.41. The number of Topliss-reactive ketones (excluding diaryl/α,β-unsaturated/α-hetero) is 1. The molecule has 1 fully saturated rings. The third-order valence-electron chi connectivity index (χ3n) is 5.13. The van der Waals surface area contributed by atoms with E-state index in [0.717, 1.165) is 23.5 Å². The van der Waals surface area contributed by atoms with Crippen LogP contribution >= 0.6 is 11.3 Å². The quantitative estimate of drug-likeness (QED) is 0.446. The minimum atomic E-state index is -4.98. The monoisotopic (exact) mass is 522 g/mol. The molecule has 0 aliphatic carbocycles. The average molecular weight is 523 g/mol. The maximum atomic E-state index is 12.9. The van der Waals surface area contributed by atoms with Gasteiger partial charge in [-0.3, -0.25) is 24.5 Å². The first-order valence-corrected chi connectivity index (χ1v) is 11.6. The van der Waals surface area contributed by atoms with Crippen molar-refractivity contribution >= 4 is 28.7 Å².